The van der Waals surface area contributed by atoms with Crippen molar-refractivity contribution < 1.29 is 14.3 Å². The molecule has 1 amide bonds. The third-order valence-corrected chi connectivity index (χ3v) is 4.68. The van der Waals surface area contributed by atoms with Crippen LogP contribution in [0.15, 0.2) is 42.5 Å². The molecule has 0 aliphatic carbocycles. The maximum atomic E-state index is 12.8. The van der Waals surface area contributed by atoms with Crippen molar-refractivity contribution in [2.75, 3.05) is 20.2 Å². The largest absolute Gasteiger partial charge is 0.496 e. The van der Waals surface area contributed by atoms with Crippen molar-refractivity contribution in [3.63, 3.8) is 0 Å². The van der Waals surface area contributed by atoms with Gasteiger partial charge in [0.25, 0.3) is 5.91 Å². The Morgan fingerprint density at radius 3 is 2.86 bits per heavy atom. The summed E-state index contributed by atoms with van der Waals surface area (Å²) in [7, 11) is 1.61. The van der Waals surface area contributed by atoms with Gasteiger partial charge in [-0.3, -0.25) is 9.89 Å². The van der Waals surface area contributed by atoms with E-state index >= 15 is 0 Å². The molecule has 1 aliphatic rings. The van der Waals surface area contributed by atoms with Crippen LogP contribution in [0.5, 0.6) is 11.6 Å². The van der Waals surface area contributed by atoms with Crippen molar-refractivity contribution in [2.24, 2.45) is 0 Å². The summed E-state index contributed by atoms with van der Waals surface area (Å²) < 4.78 is 11.2. The zero-order valence-corrected chi connectivity index (χ0v) is 15.8. The first kappa shape index (κ1) is 18.0. The summed E-state index contributed by atoms with van der Waals surface area (Å²) in [6, 6.07) is 13.0. The number of ether oxygens (including phenoxy) is 2. The molecule has 8 nitrogen and oxygen atoms in total. The molecule has 28 heavy (non-hydrogen) atoms. The van der Waals surface area contributed by atoms with Gasteiger partial charge >= 0.3 is 0 Å². The topological polar surface area (TPSA) is 93.2 Å². The van der Waals surface area contributed by atoms with E-state index in [9.17, 15) is 4.79 Å². The number of para-hydroxylation sites is 1. The Labute approximate surface area is 162 Å². The molecule has 1 atom stereocenters. The van der Waals surface area contributed by atoms with Crippen LogP contribution in [0.1, 0.15) is 22.6 Å². The number of nitrogens with one attached hydrogen (secondary N) is 1. The molecule has 8 heteroatoms. The highest BCUT2D eigenvalue weighted by Gasteiger charge is 2.29. The van der Waals surface area contributed by atoms with Crippen molar-refractivity contribution >= 4 is 5.91 Å². The Hall–Kier alpha value is -3.42. The van der Waals surface area contributed by atoms with Crippen LogP contribution in [0.2, 0.25) is 0 Å². The number of likely N-dealkylation sites (tertiary alicyclic amines) is 1. The number of H-pyrrole nitrogens is 1. The van der Waals surface area contributed by atoms with E-state index in [1.165, 1.54) is 0 Å². The van der Waals surface area contributed by atoms with Gasteiger partial charge in [0, 0.05) is 24.6 Å². The molecular formula is C20H21N5O3. The van der Waals surface area contributed by atoms with E-state index in [0.717, 1.165) is 17.7 Å². The Kier molecular flexibility index (Phi) is 4.92. The van der Waals surface area contributed by atoms with Gasteiger partial charge in [-0.2, -0.15) is 10.2 Å². The lowest BCUT2D eigenvalue weighted by Crippen LogP contribution is -2.31. The summed E-state index contributed by atoms with van der Waals surface area (Å²) in [6.07, 6.45) is 0.645. The molecule has 0 spiro atoms. The van der Waals surface area contributed by atoms with Crippen LogP contribution in [-0.2, 0) is 0 Å². The second-order valence-corrected chi connectivity index (χ2v) is 6.66. The van der Waals surface area contributed by atoms with Gasteiger partial charge in [0.1, 0.15) is 17.5 Å². The summed E-state index contributed by atoms with van der Waals surface area (Å²) in [4.78, 5) is 14.6. The minimum atomic E-state index is -0.102. The van der Waals surface area contributed by atoms with Crippen molar-refractivity contribution in [1.29, 1.82) is 0 Å². The molecular weight excluding hydrogens is 358 g/mol. The van der Waals surface area contributed by atoms with Crippen LogP contribution in [-0.4, -0.2) is 57.5 Å². The summed E-state index contributed by atoms with van der Waals surface area (Å²) in [5, 5.41) is 15.1. The lowest BCUT2D eigenvalue weighted by atomic mass is 10.1. The standard InChI is InChI=1S/C20H21N5O3/c1-13-7-8-19(24-21-13)28-14-9-10-25(12-14)20(26)17-11-16(22-23-17)15-5-3-4-6-18(15)27-2/h3-8,11,14H,9-10,12H2,1-2H3,(H,22,23). The van der Waals surface area contributed by atoms with Gasteiger partial charge in [-0.15, -0.1) is 5.10 Å². The average Bonchev–Trinajstić information content (AvgIpc) is 3.39. The first-order chi connectivity index (χ1) is 13.6. The predicted octanol–water partition coefficient (Wildman–Crippen LogP) is 2.48. The van der Waals surface area contributed by atoms with Crippen LogP contribution in [0.3, 0.4) is 0 Å². The Morgan fingerprint density at radius 1 is 1.21 bits per heavy atom. The molecule has 144 valence electrons. The molecule has 1 N–H and O–H groups in total. The number of aromatic amines is 1. The highest BCUT2D eigenvalue weighted by Crippen LogP contribution is 2.28. The van der Waals surface area contributed by atoms with Crippen LogP contribution in [0, 0.1) is 6.92 Å². The van der Waals surface area contributed by atoms with Crippen molar-refractivity contribution in [1.82, 2.24) is 25.3 Å². The minimum absolute atomic E-state index is 0.0995. The lowest BCUT2D eigenvalue weighted by Gasteiger charge is -2.15. The minimum Gasteiger partial charge on any atom is -0.496 e. The molecule has 2 aromatic heterocycles. The molecule has 1 saturated heterocycles. The fraction of sp³-hybridized carbons (Fsp3) is 0.300. The number of benzene rings is 1. The average molecular weight is 379 g/mol. The maximum absolute atomic E-state index is 12.8. The SMILES string of the molecule is COc1ccccc1-c1cc(C(=O)N2CCC(Oc3ccc(C)nn3)C2)[nH]n1. The smallest absolute Gasteiger partial charge is 0.272 e. The van der Waals surface area contributed by atoms with Crippen molar-refractivity contribution in [3.05, 3.63) is 53.9 Å². The van der Waals surface area contributed by atoms with Crippen LogP contribution >= 0.6 is 0 Å². The second kappa shape index (κ2) is 7.67. The first-order valence-corrected chi connectivity index (χ1v) is 9.09. The van der Waals surface area contributed by atoms with Crippen molar-refractivity contribution in [2.45, 2.75) is 19.4 Å². The fourth-order valence-electron chi connectivity index (χ4n) is 3.23. The van der Waals surface area contributed by atoms with Gasteiger partial charge in [0.15, 0.2) is 0 Å². The van der Waals surface area contributed by atoms with E-state index in [1.54, 1.807) is 24.1 Å². The highest BCUT2D eigenvalue weighted by atomic mass is 16.5. The van der Waals surface area contributed by atoms with Gasteiger partial charge in [0.2, 0.25) is 5.88 Å². The molecule has 4 rings (SSSR count). The molecule has 1 unspecified atom stereocenters. The third-order valence-electron chi connectivity index (χ3n) is 4.68. The predicted molar refractivity (Wildman–Crippen MR) is 102 cm³/mol. The number of aromatic nitrogens is 4. The second-order valence-electron chi connectivity index (χ2n) is 6.66. The van der Waals surface area contributed by atoms with E-state index in [-0.39, 0.29) is 12.0 Å². The van der Waals surface area contributed by atoms with E-state index in [2.05, 4.69) is 20.4 Å². The van der Waals surface area contributed by atoms with Gasteiger partial charge < -0.3 is 14.4 Å². The zero-order valence-electron chi connectivity index (χ0n) is 15.8. The lowest BCUT2D eigenvalue weighted by molar-refractivity contribution is 0.0765. The number of nitrogens with zero attached hydrogens (tertiary/aromatic N) is 4. The normalized spacial score (nSPS) is 16.2. The molecule has 1 aliphatic heterocycles. The maximum Gasteiger partial charge on any atom is 0.272 e. The highest BCUT2D eigenvalue weighted by molar-refractivity contribution is 5.93. The number of carbonyl (C=O) groups is 1. The third kappa shape index (κ3) is 3.66. The molecule has 3 heterocycles. The van der Waals surface area contributed by atoms with Crippen LogP contribution in [0.25, 0.3) is 11.3 Å². The zero-order chi connectivity index (χ0) is 19.5. The Bertz CT molecular complexity index is 970. The summed E-state index contributed by atoms with van der Waals surface area (Å²) in [6.45, 7) is 2.99. The van der Waals surface area contributed by atoms with Crippen molar-refractivity contribution in [3.8, 4) is 22.9 Å². The number of carbonyl (C=O) groups excluding carboxylic acids is 1. The monoisotopic (exact) mass is 379 g/mol. The number of hydrogen-bond acceptors (Lipinski definition) is 6. The quantitative estimate of drug-likeness (QED) is 0.732. The Balaban J connectivity index is 1.43. The van der Waals surface area contributed by atoms with E-state index in [1.807, 2.05) is 37.3 Å². The number of methoxy groups -OCH3 is 1. The summed E-state index contributed by atoms with van der Waals surface area (Å²) in [5.41, 5.74) is 2.78. The molecule has 1 fully saturated rings. The van der Waals surface area contributed by atoms with E-state index in [0.29, 0.717) is 36.1 Å². The summed E-state index contributed by atoms with van der Waals surface area (Å²) >= 11 is 0. The van der Waals surface area contributed by atoms with Crippen LogP contribution < -0.4 is 9.47 Å². The first-order valence-electron chi connectivity index (χ1n) is 9.09. The number of rotatable bonds is 5. The fourth-order valence-corrected chi connectivity index (χ4v) is 3.23. The van der Waals surface area contributed by atoms with Gasteiger partial charge in [-0.1, -0.05) is 12.1 Å². The van der Waals surface area contributed by atoms with Gasteiger partial charge in [0.05, 0.1) is 25.0 Å². The number of amides is 1. The number of hydrogen-bond donors (Lipinski definition) is 1. The van der Waals surface area contributed by atoms with Gasteiger partial charge in [-0.25, -0.2) is 0 Å². The summed E-state index contributed by atoms with van der Waals surface area (Å²) in [5.74, 6) is 1.08. The molecule has 1 aromatic carbocycles. The molecule has 0 saturated carbocycles. The van der Waals surface area contributed by atoms with E-state index < -0.39 is 0 Å². The molecule has 3 aromatic rings. The number of aryl methyl sites for hydroxylation is 1. The molecule has 0 bridgehead atoms. The molecule has 0 radical (unpaired) electrons. The Morgan fingerprint density at radius 2 is 2.07 bits per heavy atom. The van der Waals surface area contributed by atoms with Gasteiger partial charge in [-0.05, 0) is 31.2 Å². The van der Waals surface area contributed by atoms with E-state index in [4.69, 9.17) is 9.47 Å². The van der Waals surface area contributed by atoms with Crippen LogP contribution in [0.4, 0.5) is 0 Å².